The second-order valence-electron chi connectivity index (χ2n) is 5.38. The lowest BCUT2D eigenvalue weighted by Crippen LogP contribution is -2.21. The largest absolute Gasteiger partial charge is 0.488 e. The van der Waals surface area contributed by atoms with Crippen molar-refractivity contribution in [2.24, 2.45) is 5.92 Å². The molecular formula is C15H22ClNO2. The van der Waals surface area contributed by atoms with E-state index in [0.29, 0.717) is 12.5 Å². The van der Waals surface area contributed by atoms with Gasteiger partial charge in [0.2, 0.25) is 0 Å². The zero-order chi connectivity index (χ0) is 13.7. The van der Waals surface area contributed by atoms with Crippen LogP contribution in [-0.4, -0.2) is 25.9 Å². The lowest BCUT2D eigenvalue weighted by atomic mass is 10.1. The van der Waals surface area contributed by atoms with Crippen LogP contribution in [0.5, 0.6) is 5.75 Å². The maximum Gasteiger partial charge on any atom is 0.124 e. The van der Waals surface area contributed by atoms with Crippen LogP contribution in [-0.2, 0) is 11.3 Å². The molecule has 0 saturated carbocycles. The normalized spacial score (nSPS) is 19.1. The van der Waals surface area contributed by atoms with E-state index >= 15 is 0 Å². The molecule has 1 aromatic carbocycles. The predicted octanol–water partition coefficient (Wildman–Crippen LogP) is 3.25. The SMILES string of the molecule is CC(C)CNCc1cc(Cl)ccc1OC1CCOC1. The minimum absolute atomic E-state index is 0.171. The van der Waals surface area contributed by atoms with Crippen LogP contribution in [0.1, 0.15) is 25.8 Å². The molecule has 2 rings (SSSR count). The summed E-state index contributed by atoms with van der Waals surface area (Å²) in [5, 5.41) is 4.17. The number of hydrogen-bond donors (Lipinski definition) is 1. The summed E-state index contributed by atoms with van der Waals surface area (Å²) in [6, 6.07) is 5.80. The molecule has 4 heteroatoms. The van der Waals surface area contributed by atoms with Crippen molar-refractivity contribution in [1.29, 1.82) is 0 Å². The fourth-order valence-electron chi connectivity index (χ4n) is 2.08. The molecule has 1 aliphatic heterocycles. The fourth-order valence-corrected chi connectivity index (χ4v) is 2.28. The van der Waals surface area contributed by atoms with Gasteiger partial charge in [-0.3, -0.25) is 0 Å². The Kier molecular flexibility index (Phi) is 5.49. The molecule has 0 aromatic heterocycles. The molecule has 1 saturated heterocycles. The Morgan fingerprint density at radius 2 is 2.32 bits per heavy atom. The molecular weight excluding hydrogens is 262 g/mol. The van der Waals surface area contributed by atoms with Gasteiger partial charge in [0, 0.05) is 23.6 Å². The van der Waals surface area contributed by atoms with Gasteiger partial charge in [-0.2, -0.15) is 0 Å². The van der Waals surface area contributed by atoms with Gasteiger partial charge >= 0.3 is 0 Å². The zero-order valence-electron chi connectivity index (χ0n) is 11.6. The molecule has 3 nitrogen and oxygen atoms in total. The number of nitrogens with one attached hydrogen (secondary N) is 1. The number of halogens is 1. The zero-order valence-corrected chi connectivity index (χ0v) is 12.4. The van der Waals surface area contributed by atoms with Crippen LogP contribution in [0, 0.1) is 5.92 Å². The molecule has 106 valence electrons. The van der Waals surface area contributed by atoms with Crippen LogP contribution in [0.25, 0.3) is 0 Å². The fraction of sp³-hybridized carbons (Fsp3) is 0.600. The van der Waals surface area contributed by atoms with Crippen molar-refractivity contribution in [2.75, 3.05) is 19.8 Å². The molecule has 0 amide bonds. The van der Waals surface area contributed by atoms with Gasteiger partial charge in [0.1, 0.15) is 11.9 Å². The predicted molar refractivity (Wildman–Crippen MR) is 77.8 cm³/mol. The Balaban J connectivity index is 1.99. The van der Waals surface area contributed by atoms with Crippen molar-refractivity contribution in [3.05, 3.63) is 28.8 Å². The average molecular weight is 284 g/mol. The molecule has 1 aliphatic rings. The second-order valence-corrected chi connectivity index (χ2v) is 5.82. The minimum Gasteiger partial charge on any atom is -0.488 e. The Morgan fingerprint density at radius 3 is 3.00 bits per heavy atom. The lowest BCUT2D eigenvalue weighted by Gasteiger charge is -2.17. The average Bonchev–Trinajstić information content (AvgIpc) is 2.85. The van der Waals surface area contributed by atoms with Crippen LogP contribution in [0.4, 0.5) is 0 Å². The van der Waals surface area contributed by atoms with Crippen molar-refractivity contribution in [3.63, 3.8) is 0 Å². The summed E-state index contributed by atoms with van der Waals surface area (Å²) in [7, 11) is 0. The van der Waals surface area contributed by atoms with Gasteiger partial charge in [0.25, 0.3) is 0 Å². The first kappa shape index (κ1) is 14.6. The summed E-state index contributed by atoms with van der Waals surface area (Å²) in [5.41, 5.74) is 1.11. The summed E-state index contributed by atoms with van der Waals surface area (Å²) < 4.78 is 11.3. The van der Waals surface area contributed by atoms with E-state index < -0.39 is 0 Å². The standard InChI is InChI=1S/C15H22ClNO2/c1-11(2)8-17-9-12-7-13(16)3-4-15(12)19-14-5-6-18-10-14/h3-4,7,11,14,17H,5-6,8-10H2,1-2H3. The summed E-state index contributed by atoms with van der Waals surface area (Å²) in [6.45, 7) is 7.62. The van der Waals surface area contributed by atoms with E-state index in [1.807, 2.05) is 18.2 Å². The number of ether oxygens (including phenoxy) is 2. The van der Waals surface area contributed by atoms with E-state index in [1.54, 1.807) is 0 Å². The summed E-state index contributed by atoms with van der Waals surface area (Å²) >= 11 is 6.07. The third kappa shape index (κ3) is 4.68. The number of benzene rings is 1. The summed E-state index contributed by atoms with van der Waals surface area (Å²) in [4.78, 5) is 0. The van der Waals surface area contributed by atoms with Gasteiger partial charge in [0.15, 0.2) is 0 Å². The molecule has 0 aliphatic carbocycles. The molecule has 1 fully saturated rings. The highest BCUT2D eigenvalue weighted by atomic mass is 35.5. The van der Waals surface area contributed by atoms with Gasteiger partial charge < -0.3 is 14.8 Å². The Hall–Kier alpha value is -0.770. The molecule has 1 atom stereocenters. The number of hydrogen-bond acceptors (Lipinski definition) is 3. The molecule has 0 spiro atoms. The van der Waals surface area contributed by atoms with E-state index in [1.165, 1.54) is 0 Å². The van der Waals surface area contributed by atoms with Crippen molar-refractivity contribution in [2.45, 2.75) is 32.9 Å². The Morgan fingerprint density at radius 1 is 1.47 bits per heavy atom. The summed E-state index contributed by atoms with van der Waals surface area (Å²) in [6.07, 6.45) is 1.13. The lowest BCUT2D eigenvalue weighted by molar-refractivity contribution is 0.140. The van der Waals surface area contributed by atoms with Gasteiger partial charge in [-0.15, -0.1) is 0 Å². The van der Waals surface area contributed by atoms with E-state index in [9.17, 15) is 0 Å². The van der Waals surface area contributed by atoms with Crippen LogP contribution in [0.15, 0.2) is 18.2 Å². The molecule has 0 radical (unpaired) electrons. The summed E-state index contributed by atoms with van der Waals surface area (Å²) in [5.74, 6) is 1.54. The van der Waals surface area contributed by atoms with E-state index in [4.69, 9.17) is 21.1 Å². The Bertz CT molecular complexity index is 403. The monoisotopic (exact) mass is 283 g/mol. The van der Waals surface area contributed by atoms with Crippen molar-refractivity contribution in [3.8, 4) is 5.75 Å². The van der Waals surface area contributed by atoms with Gasteiger partial charge in [-0.1, -0.05) is 25.4 Å². The maximum atomic E-state index is 6.07. The third-order valence-electron chi connectivity index (χ3n) is 3.07. The van der Waals surface area contributed by atoms with Crippen LogP contribution in [0.3, 0.4) is 0 Å². The van der Waals surface area contributed by atoms with E-state index in [0.717, 1.165) is 42.5 Å². The van der Waals surface area contributed by atoms with Crippen molar-refractivity contribution < 1.29 is 9.47 Å². The minimum atomic E-state index is 0.171. The topological polar surface area (TPSA) is 30.5 Å². The molecule has 0 bridgehead atoms. The van der Waals surface area contributed by atoms with Crippen LogP contribution < -0.4 is 10.1 Å². The molecule has 1 aromatic rings. The van der Waals surface area contributed by atoms with Crippen LogP contribution >= 0.6 is 11.6 Å². The quantitative estimate of drug-likeness (QED) is 0.869. The highest BCUT2D eigenvalue weighted by molar-refractivity contribution is 6.30. The first-order valence-electron chi connectivity index (χ1n) is 6.88. The van der Waals surface area contributed by atoms with Crippen molar-refractivity contribution in [1.82, 2.24) is 5.32 Å². The molecule has 1 heterocycles. The molecule has 1 N–H and O–H groups in total. The maximum absolute atomic E-state index is 6.07. The highest BCUT2D eigenvalue weighted by Gasteiger charge is 2.18. The first-order valence-corrected chi connectivity index (χ1v) is 7.26. The first-order chi connectivity index (χ1) is 9.15. The Labute approximate surface area is 120 Å². The van der Waals surface area contributed by atoms with E-state index in [2.05, 4.69) is 19.2 Å². The molecule has 19 heavy (non-hydrogen) atoms. The van der Waals surface area contributed by atoms with Gasteiger partial charge in [-0.25, -0.2) is 0 Å². The van der Waals surface area contributed by atoms with Crippen LogP contribution in [0.2, 0.25) is 5.02 Å². The third-order valence-corrected chi connectivity index (χ3v) is 3.31. The molecule has 1 unspecified atom stereocenters. The highest BCUT2D eigenvalue weighted by Crippen LogP contribution is 2.25. The van der Waals surface area contributed by atoms with Crippen molar-refractivity contribution >= 4 is 11.6 Å². The number of rotatable bonds is 6. The van der Waals surface area contributed by atoms with E-state index in [-0.39, 0.29) is 6.10 Å². The second kappa shape index (κ2) is 7.13. The van der Waals surface area contributed by atoms with Gasteiger partial charge in [0.05, 0.1) is 13.2 Å². The van der Waals surface area contributed by atoms with Gasteiger partial charge in [-0.05, 0) is 30.7 Å². The smallest absolute Gasteiger partial charge is 0.124 e.